The summed E-state index contributed by atoms with van der Waals surface area (Å²) in [4.78, 5) is 17.1. The van der Waals surface area contributed by atoms with Gasteiger partial charge in [-0.05, 0) is 35.4 Å². The molecule has 1 aliphatic rings. The van der Waals surface area contributed by atoms with Gasteiger partial charge in [-0.25, -0.2) is 4.98 Å². The normalized spacial score (nSPS) is 19.5. The van der Waals surface area contributed by atoms with Crippen LogP contribution >= 0.6 is 11.8 Å². The molecule has 1 saturated heterocycles. The molecule has 0 bridgehead atoms. The third-order valence-corrected chi connectivity index (χ3v) is 7.43. The third kappa shape index (κ3) is 6.29. The molecule has 37 heavy (non-hydrogen) atoms. The first-order chi connectivity index (χ1) is 18.1. The molecule has 0 unspecified atom stereocenters. The van der Waals surface area contributed by atoms with E-state index in [1.807, 2.05) is 84.5 Å². The predicted octanol–water partition coefficient (Wildman–Crippen LogP) is 5.50. The van der Waals surface area contributed by atoms with Crippen molar-refractivity contribution in [2.24, 2.45) is 7.05 Å². The van der Waals surface area contributed by atoms with Gasteiger partial charge >= 0.3 is 0 Å². The highest BCUT2D eigenvalue weighted by atomic mass is 32.2. The van der Waals surface area contributed by atoms with Crippen molar-refractivity contribution in [1.29, 1.82) is 0 Å². The summed E-state index contributed by atoms with van der Waals surface area (Å²) >= 11 is 1.65. The van der Waals surface area contributed by atoms with Gasteiger partial charge in [-0.2, -0.15) is 0 Å². The summed E-state index contributed by atoms with van der Waals surface area (Å²) < 4.78 is 14.9. The largest absolute Gasteiger partial charge is 0.392 e. The standard InChI is InChI=1S/C29H29N3O4S/c1-32-15-14-30-29(32)37-19-25-17-26(21-12-10-20(18-33)11-13-21)36-28(35-25)23-8-5-9-24(16-23)31-27(34)22-6-3-2-4-7-22/h2-16,25-26,28,33H,17-19H2,1H3,(H,31,34)/t25-,26+,28+/m0/s1. The van der Waals surface area contributed by atoms with Crippen LogP contribution in [-0.4, -0.2) is 32.4 Å². The van der Waals surface area contributed by atoms with E-state index in [4.69, 9.17) is 9.47 Å². The molecule has 8 heteroatoms. The van der Waals surface area contributed by atoms with Crippen molar-refractivity contribution in [1.82, 2.24) is 9.55 Å². The Bertz CT molecular complexity index is 1330. The Kier molecular flexibility index (Phi) is 8.01. The maximum Gasteiger partial charge on any atom is 0.255 e. The van der Waals surface area contributed by atoms with Gasteiger partial charge in [0.1, 0.15) is 0 Å². The number of carbonyl (C=O) groups is 1. The Balaban J connectivity index is 1.35. The number of thioether (sulfide) groups is 1. The molecule has 7 nitrogen and oxygen atoms in total. The number of ether oxygens (including phenoxy) is 2. The van der Waals surface area contributed by atoms with Crippen molar-refractivity contribution in [3.63, 3.8) is 0 Å². The minimum Gasteiger partial charge on any atom is -0.392 e. The number of carbonyl (C=O) groups excluding carboxylic acids is 1. The van der Waals surface area contributed by atoms with Crippen molar-refractivity contribution >= 4 is 23.4 Å². The van der Waals surface area contributed by atoms with Crippen LogP contribution in [0.1, 0.15) is 45.9 Å². The molecule has 2 heterocycles. The average molecular weight is 516 g/mol. The Morgan fingerprint density at radius 3 is 2.59 bits per heavy atom. The van der Waals surface area contributed by atoms with Crippen molar-refractivity contribution < 1.29 is 19.4 Å². The molecule has 4 aromatic rings. The lowest BCUT2D eigenvalue weighted by Gasteiger charge is -2.36. The summed E-state index contributed by atoms with van der Waals surface area (Å²) in [6.45, 7) is 0.00195. The summed E-state index contributed by atoms with van der Waals surface area (Å²) in [6, 6.07) is 24.5. The van der Waals surface area contributed by atoms with Crippen LogP contribution in [-0.2, 0) is 23.1 Å². The lowest BCUT2D eigenvalue weighted by molar-refractivity contribution is -0.245. The zero-order valence-corrected chi connectivity index (χ0v) is 21.3. The molecule has 0 spiro atoms. The SMILES string of the molecule is Cn1ccnc1SC[C@@H]1C[C@H](c2ccc(CO)cc2)O[C@H](c2cccc(NC(=O)c3ccccc3)c2)O1. The summed E-state index contributed by atoms with van der Waals surface area (Å²) in [5.41, 5.74) is 3.99. The van der Waals surface area contributed by atoms with Gasteiger partial charge in [0, 0.05) is 48.4 Å². The van der Waals surface area contributed by atoms with Crippen molar-refractivity contribution in [3.8, 4) is 0 Å². The zero-order valence-electron chi connectivity index (χ0n) is 20.5. The van der Waals surface area contributed by atoms with E-state index in [1.54, 1.807) is 30.1 Å². The molecule has 5 rings (SSSR count). The van der Waals surface area contributed by atoms with Crippen LogP contribution in [0.15, 0.2) is 96.4 Å². The maximum atomic E-state index is 12.7. The van der Waals surface area contributed by atoms with E-state index in [1.165, 1.54) is 0 Å². The lowest BCUT2D eigenvalue weighted by atomic mass is 10.0. The highest BCUT2D eigenvalue weighted by Crippen LogP contribution is 2.39. The molecule has 0 saturated carbocycles. The smallest absolute Gasteiger partial charge is 0.255 e. The van der Waals surface area contributed by atoms with Crippen LogP contribution in [0.4, 0.5) is 5.69 Å². The van der Waals surface area contributed by atoms with Crippen LogP contribution in [0.5, 0.6) is 0 Å². The van der Waals surface area contributed by atoms with Crippen LogP contribution in [0, 0.1) is 0 Å². The van der Waals surface area contributed by atoms with Gasteiger partial charge in [-0.3, -0.25) is 4.79 Å². The van der Waals surface area contributed by atoms with Gasteiger partial charge in [0.15, 0.2) is 11.4 Å². The number of nitrogens with one attached hydrogen (secondary N) is 1. The molecular formula is C29H29N3O4S. The van der Waals surface area contributed by atoms with E-state index in [0.717, 1.165) is 27.6 Å². The number of aryl methyl sites for hydroxylation is 1. The minimum atomic E-state index is -0.600. The zero-order chi connectivity index (χ0) is 25.6. The van der Waals surface area contributed by atoms with Crippen molar-refractivity contribution in [2.45, 2.75) is 36.7 Å². The van der Waals surface area contributed by atoms with Crippen LogP contribution in [0.25, 0.3) is 0 Å². The molecule has 1 aromatic heterocycles. The van der Waals surface area contributed by atoms with Gasteiger partial charge in [-0.15, -0.1) is 0 Å². The van der Waals surface area contributed by atoms with E-state index in [-0.39, 0.29) is 24.7 Å². The monoisotopic (exact) mass is 515 g/mol. The molecule has 1 fully saturated rings. The van der Waals surface area contributed by atoms with Gasteiger partial charge in [0.2, 0.25) is 0 Å². The second kappa shape index (κ2) is 11.7. The quantitative estimate of drug-likeness (QED) is 0.301. The Morgan fingerprint density at radius 2 is 1.86 bits per heavy atom. The van der Waals surface area contributed by atoms with Gasteiger partial charge in [-0.1, -0.05) is 66.4 Å². The van der Waals surface area contributed by atoms with Gasteiger partial charge in [0.25, 0.3) is 5.91 Å². The number of amides is 1. The summed E-state index contributed by atoms with van der Waals surface area (Å²) in [6.07, 6.45) is 3.55. The number of imidazole rings is 1. The van der Waals surface area contributed by atoms with E-state index in [9.17, 15) is 9.90 Å². The highest BCUT2D eigenvalue weighted by Gasteiger charge is 2.32. The maximum absolute atomic E-state index is 12.7. The summed E-state index contributed by atoms with van der Waals surface area (Å²) in [5, 5.41) is 13.3. The Morgan fingerprint density at radius 1 is 1.05 bits per heavy atom. The summed E-state index contributed by atoms with van der Waals surface area (Å²) in [5.74, 6) is 0.551. The molecule has 3 atom stereocenters. The fraction of sp³-hybridized carbons (Fsp3) is 0.241. The van der Waals surface area contributed by atoms with Crippen LogP contribution in [0.2, 0.25) is 0 Å². The Labute approximate surface area is 220 Å². The van der Waals surface area contributed by atoms with Gasteiger partial charge < -0.3 is 24.5 Å². The Hall–Kier alpha value is -3.43. The predicted molar refractivity (Wildman–Crippen MR) is 143 cm³/mol. The molecule has 0 radical (unpaired) electrons. The first-order valence-corrected chi connectivity index (χ1v) is 13.1. The topological polar surface area (TPSA) is 85.6 Å². The summed E-state index contributed by atoms with van der Waals surface area (Å²) in [7, 11) is 1.98. The highest BCUT2D eigenvalue weighted by molar-refractivity contribution is 7.99. The molecule has 2 N–H and O–H groups in total. The average Bonchev–Trinajstić information content (AvgIpc) is 3.37. The number of hydrogen-bond acceptors (Lipinski definition) is 6. The second-order valence-corrected chi connectivity index (χ2v) is 9.91. The number of aromatic nitrogens is 2. The fourth-order valence-electron chi connectivity index (χ4n) is 4.24. The number of rotatable bonds is 8. The first kappa shape index (κ1) is 25.2. The van der Waals surface area contributed by atoms with Crippen LogP contribution in [0.3, 0.4) is 0 Å². The van der Waals surface area contributed by atoms with Crippen molar-refractivity contribution in [3.05, 3.63) is 114 Å². The van der Waals surface area contributed by atoms with E-state index in [0.29, 0.717) is 17.7 Å². The molecule has 190 valence electrons. The molecular weight excluding hydrogens is 486 g/mol. The number of hydrogen-bond donors (Lipinski definition) is 2. The molecule has 1 aliphatic heterocycles. The number of nitrogens with zero attached hydrogens (tertiary/aromatic N) is 2. The van der Waals surface area contributed by atoms with Crippen LogP contribution < -0.4 is 5.32 Å². The molecule has 0 aliphatic carbocycles. The van der Waals surface area contributed by atoms with Crippen molar-refractivity contribution in [2.75, 3.05) is 11.1 Å². The minimum absolute atomic E-state index is 0.00195. The lowest BCUT2D eigenvalue weighted by Crippen LogP contribution is -2.31. The second-order valence-electron chi connectivity index (χ2n) is 8.93. The number of aliphatic hydroxyl groups excluding tert-OH is 1. The number of anilines is 1. The number of aliphatic hydroxyl groups is 1. The number of benzene rings is 3. The molecule has 1 amide bonds. The van der Waals surface area contributed by atoms with E-state index >= 15 is 0 Å². The van der Waals surface area contributed by atoms with Gasteiger partial charge in [0.05, 0.1) is 18.8 Å². The third-order valence-electron chi connectivity index (χ3n) is 6.24. The van der Waals surface area contributed by atoms with E-state index < -0.39 is 6.29 Å². The molecule has 3 aromatic carbocycles. The first-order valence-electron chi connectivity index (χ1n) is 12.2. The fourth-order valence-corrected chi connectivity index (χ4v) is 5.19. The van der Waals surface area contributed by atoms with E-state index in [2.05, 4.69) is 10.3 Å².